The van der Waals surface area contributed by atoms with Crippen LogP contribution in [0.3, 0.4) is 0 Å². The SMILES string of the molecule is COC(=O)SSC[C@@H](/C=C/CN1C[C@@H](Cc2ccc(C(C)C)cc2)C[C@H]1C(=O)N[C@@H](CCSC)C(=O)O)NC(=O)OC(C)(C)C. The standard InChI is InChI=1S/C32H49N3O7S3/c1-21(2)24-12-10-22(11-13-24)17-23-18-27(28(36)34-26(29(37)38)14-16-43-7)35(19-23)15-8-9-25(20-44-45-31(40)41-6)33-30(39)42-32(3,4)5/h8-13,21,23,25-27H,14-20H2,1-7H3,(H,33,39)(H,34,36)(H,37,38)/b9-8+/t23-,25+,26-,27-/m0/s1. The van der Waals surface area contributed by atoms with E-state index in [4.69, 9.17) is 4.74 Å². The average Bonchev–Trinajstić information content (AvgIpc) is 3.36. The third-order valence-corrected chi connectivity index (χ3v) is 9.87. The fraction of sp³-hybridized carbons (Fsp3) is 0.625. The monoisotopic (exact) mass is 683 g/mol. The van der Waals surface area contributed by atoms with Crippen molar-refractivity contribution >= 4 is 56.6 Å². The normalized spacial score (nSPS) is 18.5. The number of alkyl carbamates (subject to hydrolysis) is 1. The molecule has 1 heterocycles. The van der Waals surface area contributed by atoms with Gasteiger partial charge in [0.2, 0.25) is 5.91 Å². The van der Waals surface area contributed by atoms with Crippen molar-refractivity contribution in [1.29, 1.82) is 0 Å². The van der Waals surface area contributed by atoms with Gasteiger partial charge in [-0.05, 0) is 75.0 Å². The molecule has 10 nitrogen and oxygen atoms in total. The first-order chi connectivity index (χ1) is 21.2. The maximum Gasteiger partial charge on any atom is 0.408 e. The number of benzene rings is 1. The molecular formula is C32H49N3O7S3. The number of amides is 2. The summed E-state index contributed by atoms with van der Waals surface area (Å²) in [5.41, 5.74) is 1.80. The van der Waals surface area contributed by atoms with Gasteiger partial charge in [-0.2, -0.15) is 11.8 Å². The molecule has 1 saturated heterocycles. The van der Waals surface area contributed by atoms with Crippen molar-refractivity contribution in [2.24, 2.45) is 5.92 Å². The molecule has 3 N–H and O–H groups in total. The molecule has 13 heteroatoms. The van der Waals surface area contributed by atoms with Crippen LogP contribution in [0.15, 0.2) is 36.4 Å². The van der Waals surface area contributed by atoms with E-state index in [2.05, 4.69) is 58.4 Å². The van der Waals surface area contributed by atoms with Crippen LogP contribution in [0.4, 0.5) is 9.59 Å². The minimum atomic E-state index is -1.04. The van der Waals surface area contributed by atoms with Crippen LogP contribution < -0.4 is 10.6 Å². The Morgan fingerprint density at radius 2 is 1.82 bits per heavy atom. The third-order valence-electron chi connectivity index (χ3n) is 7.14. The number of hydrogen-bond donors (Lipinski definition) is 3. The van der Waals surface area contributed by atoms with Crippen molar-refractivity contribution in [2.75, 3.05) is 38.0 Å². The first-order valence-electron chi connectivity index (χ1n) is 15.1. The topological polar surface area (TPSA) is 134 Å². The number of ether oxygens (including phenoxy) is 2. The molecule has 0 unspecified atom stereocenters. The van der Waals surface area contributed by atoms with Crippen molar-refractivity contribution in [2.45, 2.75) is 83.5 Å². The summed E-state index contributed by atoms with van der Waals surface area (Å²) in [5.74, 6) is 0.327. The summed E-state index contributed by atoms with van der Waals surface area (Å²) in [4.78, 5) is 51.5. The minimum Gasteiger partial charge on any atom is -0.480 e. The Balaban J connectivity index is 2.20. The molecule has 0 radical (unpaired) electrons. The van der Waals surface area contributed by atoms with Gasteiger partial charge in [0, 0.05) is 29.6 Å². The number of hydrogen-bond acceptors (Lipinski definition) is 10. The van der Waals surface area contributed by atoms with Gasteiger partial charge in [-0.25, -0.2) is 14.4 Å². The van der Waals surface area contributed by atoms with Crippen LogP contribution in [0.2, 0.25) is 0 Å². The largest absolute Gasteiger partial charge is 0.480 e. The Kier molecular flexibility index (Phi) is 16.7. The molecule has 1 aliphatic heterocycles. The number of carboxylic acid groups (broad SMARTS) is 1. The zero-order chi connectivity index (χ0) is 33.6. The van der Waals surface area contributed by atoms with Gasteiger partial charge in [0.15, 0.2) is 0 Å². The summed E-state index contributed by atoms with van der Waals surface area (Å²) in [6, 6.07) is 6.70. The highest BCUT2D eigenvalue weighted by atomic mass is 33.1. The molecule has 2 rings (SSSR count). The quantitative estimate of drug-likeness (QED) is 0.108. The van der Waals surface area contributed by atoms with Gasteiger partial charge in [-0.3, -0.25) is 9.69 Å². The molecule has 0 saturated carbocycles. The molecule has 45 heavy (non-hydrogen) atoms. The van der Waals surface area contributed by atoms with Gasteiger partial charge in [0.1, 0.15) is 11.6 Å². The number of rotatable bonds is 16. The van der Waals surface area contributed by atoms with E-state index in [1.165, 1.54) is 40.8 Å². The van der Waals surface area contributed by atoms with E-state index in [9.17, 15) is 24.3 Å². The van der Waals surface area contributed by atoms with Gasteiger partial charge in [0.05, 0.1) is 19.2 Å². The van der Waals surface area contributed by atoms with Crippen LogP contribution in [-0.2, 0) is 25.5 Å². The molecule has 2 amide bonds. The second kappa shape index (κ2) is 19.3. The zero-order valence-corrected chi connectivity index (χ0v) is 29.8. The van der Waals surface area contributed by atoms with E-state index >= 15 is 0 Å². The molecule has 4 atom stereocenters. The number of carbonyl (C=O) groups is 4. The first-order valence-corrected chi connectivity index (χ1v) is 18.8. The summed E-state index contributed by atoms with van der Waals surface area (Å²) in [7, 11) is 3.50. The zero-order valence-electron chi connectivity index (χ0n) is 27.4. The molecule has 1 aliphatic rings. The van der Waals surface area contributed by atoms with Gasteiger partial charge >= 0.3 is 17.4 Å². The Morgan fingerprint density at radius 1 is 1.13 bits per heavy atom. The van der Waals surface area contributed by atoms with E-state index in [0.717, 1.165) is 17.2 Å². The Hall–Kier alpha value is -2.35. The summed E-state index contributed by atoms with van der Waals surface area (Å²) in [6.07, 6.45) is 6.82. The van der Waals surface area contributed by atoms with Crippen molar-refractivity contribution in [1.82, 2.24) is 15.5 Å². The van der Waals surface area contributed by atoms with E-state index in [1.54, 1.807) is 20.8 Å². The van der Waals surface area contributed by atoms with Gasteiger partial charge in [-0.15, -0.1) is 0 Å². The number of carboxylic acids is 1. The van der Waals surface area contributed by atoms with Gasteiger partial charge < -0.3 is 25.2 Å². The molecule has 0 aliphatic carbocycles. The molecule has 1 aromatic rings. The number of carbonyl (C=O) groups excluding carboxylic acids is 3. The summed E-state index contributed by atoms with van der Waals surface area (Å²) >= 11 is 1.54. The van der Waals surface area contributed by atoms with Crippen LogP contribution in [0.1, 0.15) is 64.5 Å². The number of likely N-dealkylation sites (tertiary alicyclic amines) is 1. The van der Waals surface area contributed by atoms with Crippen LogP contribution >= 0.6 is 33.3 Å². The van der Waals surface area contributed by atoms with E-state index in [0.29, 0.717) is 43.4 Å². The van der Waals surface area contributed by atoms with E-state index < -0.39 is 41.1 Å². The summed E-state index contributed by atoms with van der Waals surface area (Å²) in [5, 5.41) is 14.9. The van der Waals surface area contributed by atoms with Crippen LogP contribution in [0.25, 0.3) is 0 Å². The maximum absolute atomic E-state index is 13.5. The minimum absolute atomic E-state index is 0.205. The predicted molar refractivity (Wildman–Crippen MR) is 185 cm³/mol. The average molecular weight is 684 g/mol. The highest BCUT2D eigenvalue weighted by Crippen LogP contribution is 2.28. The molecular weight excluding hydrogens is 635 g/mol. The second-order valence-corrected chi connectivity index (χ2v) is 15.6. The highest BCUT2D eigenvalue weighted by molar-refractivity contribution is 8.82. The fourth-order valence-corrected chi connectivity index (χ4v) is 7.09. The van der Waals surface area contributed by atoms with Crippen LogP contribution in [0, 0.1) is 5.92 Å². The van der Waals surface area contributed by atoms with E-state index in [1.807, 2.05) is 18.4 Å². The molecule has 0 aromatic heterocycles. The van der Waals surface area contributed by atoms with E-state index in [-0.39, 0.29) is 11.8 Å². The highest BCUT2D eigenvalue weighted by Gasteiger charge is 2.37. The number of aliphatic carboxylic acids is 1. The lowest BCUT2D eigenvalue weighted by molar-refractivity contribution is -0.142. The molecule has 0 spiro atoms. The van der Waals surface area contributed by atoms with Gasteiger partial charge in [0.25, 0.3) is 0 Å². The van der Waals surface area contributed by atoms with Gasteiger partial charge in [-0.1, -0.05) is 61.1 Å². The second-order valence-electron chi connectivity index (χ2n) is 12.4. The number of nitrogens with zero attached hydrogens (tertiary/aromatic N) is 1. The third kappa shape index (κ3) is 14.7. The number of thioether (sulfide) groups is 1. The van der Waals surface area contributed by atoms with Crippen LogP contribution in [-0.4, -0.2) is 95.0 Å². The number of nitrogens with one attached hydrogen (secondary N) is 2. The first kappa shape index (κ1) is 38.8. The lowest BCUT2D eigenvalue weighted by Gasteiger charge is -2.25. The summed E-state index contributed by atoms with van der Waals surface area (Å²) < 4.78 is 10.1. The van der Waals surface area contributed by atoms with Crippen molar-refractivity contribution in [3.8, 4) is 0 Å². The number of methoxy groups -OCH3 is 1. The molecule has 252 valence electrons. The molecule has 1 aromatic carbocycles. The Morgan fingerprint density at radius 3 is 2.40 bits per heavy atom. The molecule has 1 fully saturated rings. The Bertz CT molecular complexity index is 1140. The van der Waals surface area contributed by atoms with Crippen LogP contribution in [0.5, 0.6) is 0 Å². The maximum atomic E-state index is 13.5. The van der Waals surface area contributed by atoms with Crippen molar-refractivity contribution in [3.05, 3.63) is 47.5 Å². The fourth-order valence-electron chi connectivity index (χ4n) is 4.91. The van der Waals surface area contributed by atoms with Crippen molar-refractivity contribution < 1.29 is 33.8 Å². The predicted octanol–water partition coefficient (Wildman–Crippen LogP) is 5.96. The smallest absolute Gasteiger partial charge is 0.408 e. The lowest BCUT2D eigenvalue weighted by Crippen LogP contribution is -2.49. The Labute approximate surface area is 280 Å². The summed E-state index contributed by atoms with van der Waals surface area (Å²) in [6.45, 7) is 10.7. The lowest BCUT2D eigenvalue weighted by atomic mass is 9.94. The molecule has 0 bridgehead atoms. The van der Waals surface area contributed by atoms with Crippen molar-refractivity contribution in [3.63, 3.8) is 0 Å².